The summed E-state index contributed by atoms with van der Waals surface area (Å²) in [6.07, 6.45) is -0.983. The number of rotatable bonds is 8. The summed E-state index contributed by atoms with van der Waals surface area (Å²) in [4.78, 5) is 48.5. The highest BCUT2D eigenvalue weighted by molar-refractivity contribution is 7.71. The average Bonchev–Trinajstić information content (AvgIpc) is 3.34. The number of H-pyrrole nitrogens is 1. The molecule has 3 rings (SSSR count). The molecule has 1 N–H and O–H groups in total. The van der Waals surface area contributed by atoms with E-state index >= 15 is 0 Å². The predicted molar refractivity (Wildman–Crippen MR) is 122 cm³/mol. The molecule has 3 heterocycles. The zero-order valence-corrected chi connectivity index (χ0v) is 20.8. The molecule has 0 unspecified atom stereocenters. The van der Waals surface area contributed by atoms with E-state index in [1.807, 2.05) is 0 Å². The fourth-order valence-corrected chi connectivity index (χ4v) is 3.47. The van der Waals surface area contributed by atoms with Gasteiger partial charge in [-0.25, -0.2) is 9.97 Å². The Hall–Kier alpha value is -2.86. The Bertz CT molecular complexity index is 1110. The molecule has 0 amide bonds. The molecule has 1 fully saturated rings. The average molecular weight is 495 g/mol. The maximum absolute atomic E-state index is 12.6. The lowest BCUT2D eigenvalue weighted by atomic mass is 10.1. The van der Waals surface area contributed by atoms with Crippen LogP contribution in [0.1, 0.15) is 47.8 Å². The van der Waals surface area contributed by atoms with E-state index in [-0.39, 0.29) is 17.2 Å². The molecule has 0 saturated carbocycles. The number of carbonyl (C=O) groups excluding carboxylic acids is 3. The van der Waals surface area contributed by atoms with Gasteiger partial charge >= 0.3 is 17.9 Å². The van der Waals surface area contributed by atoms with E-state index in [4.69, 9.17) is 31.2 Å². The Morgan fingerprint density at radius 1 is 1.00 bits per heavy atom. The highest BCUT2D eigenvalue weighted by Crippen LogP contribution is 2.36. The largest absolute Gasteiger partial charge is 0.463 e. The number of aromatic nitrogens is 4. The minimum Gasteiger partial charge on any atom is -0.463 e. The molecule has 0 aliphatic carbocycles. The quantitative estimate of drug-likeness (QED) is 0.331. The summed E-state index contributed by atoms with van der Waals surface area (Å²) in [6, 6.07) is 0. The molecule has 1 aliphatic rings. The van der Waals surface area contributed by atoms with Crippen molar-refractivity contribution in [3.05, 3.63) is 17.3 Å². The van der Waals surface area contributed by atoms with Gasteiger partial charge in [-0.1, -0.05) is 53.8 Å². The maximum Gasteiger partial charge on any atom is 0.308 e. The number of hydrogen-bond acceptors (Lipinski definition) is 10. The minimum atomic E-state index is -1.03. The second-order valence-corrected chi connectivity index (χ2v) is 9.41. The molecule has 0 radical (unpaired) electrons. The van der Waals surface area contributed by atoms with Gasteiger partial charge in [0.1, 0.15) is 23.9 Å². The number of ether oxygens (including phenoxy) is 4. The maximum atomic E-state index is 12.6. The third-order valence-electron chi connectivity index (χ3n) is 5.25. The van der Waals surface area contributed by atoms with Crippen molar-refractivity contribution in [1.82, 2.24) is 19.5 Å². The van der Waals surface area contributed by atoms with Crippen LogP contribution in [-0.2, 0) is 33.3 Å². The van der Waals surface area contributed by atoms with E-state index in [9.17, 15) is 14.4 Å². The van der Waals surface area contributed by atoms with Crippen molar-refractivity contribution in [3.8, 4) is 0 Å². The fraction of sp³-hybridized carbons (Fsp3) is 0.636. The van der Waals surface area contributed by atoms with E-state index in [1.165, 1.54) is 12.7 Å². The van der Waals surface area contributed by atoms with Crippen molar-refractivity contribution in [2.75, 3.05) is 6.61 Å². The summed E-state index contributed by atoms with van der Waals surface area (Å²) in [6.45, 7) is 9.99. The second-order valence-electron chi connectivity index (χ2n) is 9.02. The molecule has 0 aromatic carbocycles. The zero-order chi connectivity index (χ0) is 25.2. The van der Waals surface area contributed by atoms with Gasteiger partial charge in [-0.2, -0.15) is 0 Å². The van der Waals surface area contributed by atoms with Crippen LogP contribution in [0.5, 0.6) is 0 Å². The smallest absolute Gasteiger partial charge is 0.308 e. The van der Waals surface area contributed by atoms with Crippen LogP contribution in [0, 0.1) is 22.4 Å². The van der Waals surface area contributed by atoms with E-state index < -0.39 is 54.3 Å². The van der Waals surface area contributed by atoms with Crippen molar-refractivity contribution in [2.45, 2.75) is 66.1 Å². The van der Waals surface area contributed by atoms with Crippen LogP contribution in [0.2, 0.25) is 0 Å². The molecule has 2 aromatic rings. The first-order valence-electron chi connectivity index (χ1n) is 11.1. The van der Waals surface area contributed by atoms with Crippen molar-refractivity contribution >= 4 is 41.3 Å². The summed E-state index contributed by atoms with van der Waals surface area (Å²) >= 11 is 5.24. The number of imidazole rings is 1. The Morgan fingerprint density at radius 2 is 1.59 bits per heavy atom. The molecule has 1 saturated heterocycles. The highest BCUT2D eigenvalue weighted by Gasteiger charge is 2.51. The van der Waals surface area contributed by atoms with Gasteiger partial charge < -0.3 is 23.9 Å². The lowest BCUT2D eigenvalue weighted by Gasteiger charge is -2.26. The van der Waals surface area contributed by atoms with Crippen molar-refractivity contribution in [1.29, 1.82) is 0 Å². The number of nitrogens with one attached hydrogen (secondary N) is 1. The Morgan fingerprint density at radius 3 is 2.18 bits per heavy atom. The van der Waals surface area contributed by atoms with Gasteiger partial charge in [-0.3, -0.25) is 19.0 Å². The van der Waals surface area contributed by atoms with Gasteiger partial charge in [0.05, 0.1) is 30.4 Å². The summed E-state index contributed by atoms with van der Waals surface area (Å²) in [7, 11) is 0. The highest BCUT2D eigenvalue weighted by atomic mass is 32.1. The van der Waals surface area contributed by atoms with Gasteiger partial charge in [0.2, 0.25) is 0 Å². The molecule has 2 aromatic heterocycles. The first-order valence-corrected chi connectivity index (χ1v) is 11.5. The first kappa shape index (κ1) is 25.8. The van der Waals surface area contributed by atoms with Crippen molar-refractivity contribution in [2.24, 2.45) is 17.8 Å². The number of hydrogen-bond donors (Lipinski definition) is 1. The van der Waals surface area contributed by atoms with Crippen LogP contribution < -0.4 is 0 Å². The molecule has 4 atom stereocenters. The predicted octanol–water partition coefficient (Wildman–Crippen LogP) is 2.72. The van der Waals surface area contributed by atoms with E-state index in [2.05, 4.69) is 15.0 Å². The first-order chi connectivity index (χ1) is 16.0. The molecule has 186 valence electrons. The molecular formula is C22H30N4O7S. The van der Waals surface area contributed by atoms with Gasteiger partial charge in [0.15, 0.2) is 23.1 Å². The summed E-state index contributed by atoms with van der Waals surface area (Å²) < 4.78 is 25.0. The molecule has 1 aliphatic heterocycles. The Balaban J connectivity index is 2.03. The summed E-state index contributed by atoms with van der Waals surface area (Å²) in [5, 5.41) is 0. The molecule has 0 bridgehead atoms. The topological polar surface area (TPSA) is 135 Å². The van der Waals surface area contributed by atoms with Gasteiger partial charge in [0.25, 0.3) is 0 Å². The van der Waals surface area contributed by atoms with E-state index in [0.29, 0.717) is 11.2 Å². The minimum absolute atomic E-state index is 0.191. The molecular weight excluding hydrogens is 464 g/mol. The van der Waals surface area contributed by atoms with Crippen molar-refractivity contribution < 1.29 is 33.3 Å². The number of carbonyl (C=O) groups is 3. The van der Waals surface area contributed by atoms with Crippen LogP contribution in [0.25, 0.3) is 11.2 Å². The van der Waals surface area contributed by atoms with Crippen LogP contribution in [0.3, 0.4) is 0 Å². The molecule has 11 nitrogen and oxygen atoms in total. The SMILES string of the molecule is CC(C)C(=O)OC[C@@H]1O[C@@H](n2cnc3c(=S)nc[nH]c32)[C@@H](OC(=O)C(C)C)[C@H]1OC(=O)C(C)C. The van der Waals surface area contributed by atoms with E-state index in [0.717, 1.165) is 0 Å². The van der Waals surface area contributed by atoms with Gasteiger partial charge in [0, 0.05) is 0 Å². The van der Waals surface area contributed by atoms with Crippen LogP contribution >= 0.6 is 12.2 Å². The fourth-order valence-electron chi connectivity index (χ4n) is 3.27. The van der Waals surface area contributed by atoms with E-state index in [1.54, 1.807) is 46.1 Å². The monoisotopic (exact) mass is 494 g/mol. The van der Waals surface area contributed by atoms with Crippen LogP contribution in [0.4, 0.5) is 0 Å². The molecule has 0 spiro atoms. The van der Waals surface area contributed by atoms with Gasteiger partial charge in [-0.05, 0) is 0 Å². The number of aromatic amines is 1. The lowest BCUT2D eigenvalue weighted by molar-refractivity contribution is -0.173. The summed E-state index contributed by atoms with van der Waals surface area (Å²) in [5.41, 5.74) is 0.921. The van der Waals surface area contributed by atoms with Crippen LogP contribution in [0.15, 0.2) is 12.7 Å². The van der Waals surface area contributed by atoms with Crippen LogP contribution in [-0.4, -0.2) is 62.3 Å². The van der Waals surface area contributed by atoms with Gasteiger partial charge in [-0.15, -0.1) is 0 Å². The normalized spacial score (nSPS) is 22.5. The number of fused-ring (bicyclic) bond motifs is 1. The second kappa shape index (κ2) is 10.6. The molecule has 12 heteroatoms. The standard InChI is InChI=1S/C22H30N4O7S/c1-10(2)20(27)30-7-13-15(32-21(28)11(3)4)16(33-22(29)12(5)6)19(31-13)26-9-25-14-17(26)23-8-24-18(14)34/h8-13,15-16,19H,7H2,1-6H3,(H,23,24,34)/t13-,15-,16-,19+/m0/s1. The third-order valence-corrected chi connectivity index (χ3v) is 5.55. The Kier molecular flexibility index (Phi) is 8.03. The number of esters is 3. The molecule has 34 heavy (non-hydrogen) atoms. The zero-order valence-electron chi connectivity index (χ0n) is 20.0. The summed E-state index contributed by atoms with van der Waals surface area (Å²) in [5.74, 6) is -2.65. The number of nitrogens with zero attached hydrogens (tertiary/aromatic N) is 3. The Labute approximate surface area is 202 Å². The lowest BCUT2D eigenvalue weighted by Crippen LogP contribution is -2.42. The third kappa shape index (κ3) is 5.44. The van der Waals surface area contributed by atoms with Crippen molar-refractivity contribution in [3.63, 3.8) is 0 Å².